The molecule has 166 valence electrons. The van der Waals surface area contributed by atoms with Crippen LogP contribution in [0.3, 0.4) is 0 Å². The van der Waals surface area contributed by atoms with E-state index in [1.54, 1.807) is 12.2 Å². The second kappa shape index (κ2) is 8.08. The molecule has 0 fully saturated rings. The fraction of sp³-hybridized carbons (Fsp3) is 0.680. The first-order chi connectivity index (χ1) is 13.9. The smallest absolute Gasteiger partial charge is 0.306 e. The van der Waals surface area contributed by atoms with Gasteiger partial charge >= 0.3 is 5.97 Å². The Labute approximate surface area is 180 Å². The molecule has 2 heterocycles. The van der Waals surface area contributed by atoms with E-state index in [0.29, 0.717) is 18.4 Å². The molecule has 5 heteroatoms. The van der Waals surface area contributed by atoms with Crippen LogP contribution >= 0.6 is 0 Å². The zero-order valence-electron chi connectivity index (χ0n) is 19.3. The van der Waals surface area contributed by atoms with Crippen molar-refractivity contribution in [2.24, 2.45) is 29.6 Å². The Morgan fingerprint density at radius 2 is 1.93 bits per heavy atom. The number of hydrogen-bond donors (Lipinski definition) is 1. The predicted octanol–water partition coefficient (Wildman–Crippen LogP) is 4.36. The molecule has 0 aromatic carbocycles. The average molecular weight is 417 g/mol. The number of ketones is 1. The molecule has 5 nitrogen and oxygen atoms in total. The topological polar surface area (TPSA) is 72.8 Å². The Kier molecular flexibility index (Phi) is 6.18. The van der Waals surface area contributed by atoms with Crippen molar-refractivity contribution in [3.05, 3.63) is 35.5 Å². The molecule has 0 aromatic heterocycles. The molecule has 3 rings (SSSR count). The normalized spacial score (nSPS) is 38.5. The number of esters is 1. The van der Waals surface area contributed by atoms with Crippen molar-refractivity contribution in [3.63, 3.8) is 0 Å². The highest BCUT2D eigenvalue weighted by atomic mass is 16.7. The largest absolute Gasteiger partial charge is 0.459 e. The van der Waals surface area contributed by atoms with E-state index in [0.717, 1.165) is 5.57 Å². The Balaban J connectivity index is 2.08. The van der Waals surface area contributed by atoms with E-state index in [1.165, 1.54) is 0 Å². The molecule has 0 saturated heterocycles. The van der Waals surface area contributed by atoms with Crippen LogP contribution in [0.25, 0.3) is 0 Å². The summed E-state index contributed by atoms with van der Waals surface area (Å²) in [4.78, 5) is 25.5. The standard InChI is InChI=1S/C25H36O5/c1-14(2)10-22(27)29-21-13-18-16(5)11-20(26)23(15(3)4)19(18)12-17(6)25(28)9-8-24(21,7)30-25/h8-9,11-12,14-15,18-19,21,23,28H,10,13H2,1-7H3. The molecule has 0 saturated carbocycles. The van der Waals surface area contributed by atoms with Gasteiger partial charge < -0.3 is 14.6 Å². The van der Waals surface area contributed by atoms with Gasteiger partial charge in [-0.05, 0) is 74.7 Å². The second-order valence-electron chi connectivity index (χ2n) is 10.2. The van der Waals surface area contributed by atoms with Gasteiger partial charge in [0.2, 0.25) is 5.79 Å². The maximum atomic E-state index is 12.9. The molecule has 2 aliphatic heterocycles. The zero-order valence-corrected chi connectivity index (χ0v) is 19.3. The molecule has 1 N–H and O–H groups in total. The van der Waals surface area contributed by atoms with Crippen LogP contribution in [0.5, 0.6) is 0 Å². The SMILES string of the molecule is CC1=CC(=O)C(C(C)C)C2C=C(C)C3(O)C=CC(C)(O3)C(OC(=O)CC(C)C)CC12. The minimum absolute atomic E-state index is 0.0266. The van der Waals surface area contributed by atoms with Gasteiger partial charge in [-0.3, -0.25) is 9.59 Å². The van der Waals surface area contributed by atoms with Gasteiger partial charge in [0.05, 0.1) is 0 Å². The molecular formula is C25H36O5. The first-order valence-electron chi connectivity index (χ1n) is 11.1. The summed E-state index contributed by atoms with van der Waals surface area (Å²) < 4.78 is 12.1. The molecule has 3 aliphatic rings. The highest BCUT2D eigenvalue weighted by Gasteiger charge is 2.52. The van der Waals surface area contributed by atoms with E-state index >= 15 is 0 Å². The zero-order chi connectivity index (χ0) is 22.4. The van der Waals surface area contributed by atoms with Crippen LogP contribution in [0.15, 0.2) is 35.5 Å². The highest BCUT2D eigenvalue weighted by Crippen LogP contribution is 2.48. The van der Waals surface area contributed by atoms with Gasteiger partial charge in [0.1, 0.15) is 11.7 Å². The number of fused-ring (bicyclic) bond motifs is 3. The molecule has 6 atom stereocenters. The van der Waals surface area contributed by atoms with Gasteiger partial charge in [0, 0.05) is 12.3 Å². The third-order valence-electron chi connectivity index (χ3n) is 6.86. The van der Waals surface area contributed by atoms with Crippen LogP contribution in [-0.2, 0) is 19.1 Å². The number of carbonyl (C=O) groups excluding carboxylic acids is 2. The van der Waals surface area contributed by atoms with Gasteiger partial charge in [-0.25, -0.2) is 0 Å². The van der Waals surface area contributed by atoms with E-state index in [2.05, 4.69) is 13.8 Å². The Morgan fingerprint density at radius 3 is 2.53 bits per heavy atom. The lowest BCUT2D eigenvalue weighted by molar-refractivity contribution is -0.216. The maximum absolute atomic E-state index is 12.9. The number of aliphatic hydroxyl groups is 1. The third kappa shape index (κ3) is 4.19. The minimum atomic E-state index is -1.56. The predicted molar refractivity (Wildman–Crippen MR) is 115 cm³/mol. The first kappa shape index (κ1) is 23.0. The number of allylic oxidation sites excluding steroid dienone is 3. The molecule has 30 heavy (non-hydrogen) atoms. The Morgan fingerprint density at radius 1 is 1.27 bits per heavy atom. The lowest BCUT2D eigenvalue weighted by Crippen LogP contribution is -2.47. The minimum Gasteiger partial charge on any atom is -0.459 e. The molecule has 0 radical (unpaired) electrons. The summed E-state index contributed by atoms with van der Waals surface area (Å²) in [6.07, 6.45) is 7.52. The molecular weight excluding hydrogens is 380 g/mol. The van der Waals surface area contributed by atoms with Crippen LogP contribution in [-0.4, -0.2) is 34.4 Å². The van der Waals surface area contributed by atoms with Gasteiger partial charge in [-0.15, -0.1) is 0 Å². The molecule has 2 bridgehead atoms. The Hall–Kier alpha value is -1.72. The van der Waals surface area contributed by atoms with Gasteiger partial charge in [0.15, 0.2) is 5.78 Å². The quantitative estimate of drug-likeness (QED) is 0.544. The van der Waals surface area contributed by atoms with E-state index in [1.807, 2.05) is 46.8 Å². The van der Waals surface area contributed by atoms with Crippen LogP contribution in [0.4, 0.5) is 0 Å². The van der Waals surface area contributed by atoms with Crippen LogP contribution in [0.1, 0.15) is 61.3 Å². The summed E-state index contributed by atoms with van der Waals surface area (Å²) >= 11 is 0. The number of carbonyl (C=O) groups is 2. The van der Waals surface area contributed by atoms with E-state index in [9.17, 15) is 14.7 Å². The molecule has 1 aliphatic carbocycles. The van der Waals surface area contributed by atoms with Crippen molar-refractivity contribution in [2.45, 2.75) is 78.8 Å². The van der Waals surface area contributed by atoms with Crippen molar-refractivity contribution >= 4 is 11.8 Å². The summed E-state index contributed by atoms with van der Waals surface area (Å²) in [7, 11) is 0. The third-order valence-corrected chi connectivity index (χ3v) is 6.86. The fourth-order valence-electron chi connectivity index (χ4n) is 5.15. The van der Waals surface area contributed by atoms with Crippen molar-refractivity contribution < 1.29 is 24.2 Å². The summed E-state index contributed by atoms with van der Waals surface area (Å²) in [6, 6.07) is 0. The van der Waals surface area contributed by atoms with E-state index in [4.69, 9.17) is 9.47 Å². The highest BCUT2D eigenvalue weighted by molar-refractivity contribution is 5.94. The first-order valence-corrected chi connectivity index (χ1v) is 11.1. The number of hydrogen-bond acceptors (Lipinski definition) is 5. The summed E-state index contributed by atoms with van der Waals surface area (Å²) in [5, 5.41) is 11.2. The second-order valence-corrected chi connectivity index (χ2v) is 10.2. The van der Waals surface area contributed by atoms with Crippen molar-refractivity contribution in [1.29, 1.82) is 0 Å². The summed E-state index contributed by atoms with van der Waals surface area (Å²) in [6.45, 7) is 13.8. The lowest BCUT2D eigenvalue weighted by Gasteiger charge is -2.40. The van der Waals surface area contributed by atoms with Gasteiger partial charge in [-0.1, -0.05) is 39.3 Å². The van der Waals surface area contributed by atoms with E-state index in [-0.39, 0.29) is 41.3 Å². The lowest BCUT2D eigenvalue weighted by atomic mass is 9.65. The monoisotopic (exact) mass is 416 g/mol. The van der Waals surface area contributed by atoms with Crippen LogP contribution in [0, 0.1) is 29.6 Å². The maximum Gasteiger partial charge on any atom is 0.306 e. The summed E-state index contributed by atoms with van der Waals surface area (Å²) in [5.41, 5.74) is 0.716. The molecule has 0 amide bonds. The van der Waals surface area contributed by atoms with Crippen molar-refractivity contribution in [1.82, 2.24) is 0 Å². The molecule has 6 unspecified atom stereocenters. The molecule has 0 aromatic rings. The van der Waals surface area contributed by atoms with Gasteiger partial charge in [0.25, 0.3) is 0 Å². The van der Waals surface area contributed by atoms with Crippen LogP contribution in [0.2, 0.25) is 0 Å². The van der Waals surface area contributed by atoms with Gasteiger partial charge in [-0.2, -0.15) is 0 Å². The Bertz CT molecular complexity index is 804. The summed E-state index contributed by atoms with van der Waals surface area (Å²) in [5.74, 6) is -1.60. The number of ether oxygens (including phenoxy) is 2. The average Bonchev–Trinajstić information content (AvgIpc) is 2.93. The van der Waals surface area contributed by atoms with Crippen LogP contribution < -0.4 is 0 Å². The number of rotatable bonds is 4. The van der Waals surface area contributed by atoms with Crippen molar-refractivity contribution in [3.8, 4) is 0 Å². The molecule has 0 spiro atoms. The fourth-order valence-corrected chi connectivity index (χ4v) is 5.15. The van der Waals surface area contributed by atoms with Crippen molar-refractivity contribution in [2.75, 3.05) is 0 Å². The van der Waals surface area contributed by atoms with E-state index < -0.39 is 17.5 Å².